The van der Waals surface area contributed by atoms with E-state index in [9.17, 15) is 4.79 Å². The molecule has 6 rings (SSSR count). The zero-order chi connectivity index (χ0) is 28.1. The number of rotatable bonds is 7. The van der Waals surface area contributed by atoms with E-state index in [4.69, 9.17) is 30.5 Å². The Morgan fingerprint density at radius 1 is 1.07 bits per heavy atom. The third kappa shape index (κ3) is 5.90. The van der Waals surface area contributed by atoms with Gasteiger partial charge in [-0.05, 0) is 53.8 Å². The minimum Gasteiger partial charge on any atom is -0.467 e. The quantitative estimate of drug-likeness (QED) is 0.284. The van der Waals surface area contributed by atoms with E-state index >= 15 is 0 Å². The molecule has 2 atom stereocenters. The number of para-hydroxylation sites is 1. The number of nitrogens with one attached hydrogen (secondary N) is 3. The molecule has 0 fully saturated rings. The number of nitrogens with zero attached hydrogens (tertiary/aromatic N) is 3. The first-order chi connectivity index (χ1) is 19.5. The molecule has 2 aliphatic heterocycles. The number of carbonyl (C=O) groups excluding carboxylic acids is 1. The van der Waals surface area contributed by atoms with Gasteiger partial charge in [0.2, 0.25) is 18.0 Å². The Bertz CT molecular complexity index is 1470. The summed E-state index contributed by atoms with van der Waals surface area (Å²) in [5.41, 5.74) is 4.46. The summed E-state index contributed by atoms with van der Waals surface area (Å²) in [5, 5.41) is 7.88. The first kappa shape index (κ1) is 27.5. The summed E-state index contributed by atoms with van der Waals surface area (Å²) < 4.78 is 20.5. The van der Waals surface area contributed by atoms with E-state index in [2.05, 4.69) is 49.6 Å². The predicted octanol–water partition coefficient (Wildman–Crippen LogP) is 3.96. The van der Waals surface area contributed by atoms with Crippen LogP contribution in [-0.4, -0.2) is 59.4 Å². The number of hydrogen-bond acceptors (Lipinski definition) is 9. The van der Waals surface area contributed by atoms with Gasteiger partial charge in [-0.3, -0.25) is 10.1 Å². The van der Waals surface area contributed by atoms with Gasteiger partial charge >= 0.3 is 12.0 Å². The molecule has 2 aromatic carbocycles. The SMILES string of the molecule is CCCCNC(=O)[C@H]1Cc2c([nH]c3ccccc23)[C@@H](c2ccc3c(c2)OCO3)N1.COc1nc(Cl)nc(OC)n1. The number of halogens is 1. The summed E-state index contributed by atoms with van der Waals surface area (Å²) in [6.07, 6.45) is 2.71. The van der Waals surface area contributed by atoms with Crippen molar-refractivity contribution in [2.45, 2.75) is 38.3 Å². The van der Waals surface area contributed by atoms with E-state index in [0.717, 1.165) is 41.1 Å². The number of aromatic nitrogens is 4. The van der Waals surface area contributed by atoms with Crippen molar-refractivity contribution in [2.24, 2.45) is 0 Å². The van der Waals surface area contributed by atoms with Gasteiger partial charge in [-0.15, -0.1) is 4.98 Å². The molecule has 2 aliphatic rings. The summed E-state index contributed by atoms with van der Waals surface area (Å²) in [5.74, 6) is 1.56. The molecule has 4 aromatic rings. The third-order valence-corrected chi connectivity index (χ3v) is 6.89. The lowest BCUT2D eigenvalue weighted by Crippen LogP contribution is -2.50. The average molecular weight is 567 g/mol. The molecule has 0 saturated heterocycles. The highest BCUT2D eigenvalue weighted by Gasteiger charge is 2.34. The molecule has 210 valence electrons. The van der Waals surface area contributed by atoms with Gasteiger partial charge in [0.1, 0.15) is 0 Å². The lowest BCUT2D eigenvalue weighted by molar-refractivity contribution is -0.123. The second kappa shape index (κ2) is 12.4. The highest BCUT2D eigenvalue weighted by atomic mass is 35.5. The van der Waals surface area contributed by atoms with Gasteiger partial charge in [-0.2, -0.15) is 9.97 Å². The van der Waals surface area contributed by atoms with E-state index in [1.807, 2.05) is 30.3 Å². The van der Waals surface area contributed by atoms with Crippen molar-refractivity contribution in [3.05, 3.63) is 64.6 Å². The van der Waals surface area contributed by atoms with Crippen LogP contribution in [0.5, 0.6) is 23.5 Å². The van der Waals surface area contributed by atoms with Gasteiger partial charge in [0, 0.05) is 23.1 Å². The number of ether oxygens (including phenoxy) is 4. The number of amides is 1. The maximum atomic E-state index is 12.9. The molecule has 12 heteroatoms. The Morgan fingerprint density at radius 3 is 2.58 bits per heavy atom. The van der Waals surface area contributed by atoms with Gasteiger partial charge in [-0.25, -0.2) is 0 Å². The molecule has 40 heavy (non-hydrogen) atoms. The second-order valence-corrected chi connectivity index (χ2v) is 9.59. The van der Waals surface area contributed by atoms with Crippen LogP contribution in [-0.2, 0) is 11.2 Å². The molecule has 0 aliphatic carbocycles. The number of hydrogen-bond donors (Lipinski definition) is 3. The van der Waals surface area contributed by atoms with Crippen molar-refractivity contribution in [1.29, 1.82) is 0 Å². The molecule has 0 spiro atoms. The lowest BCUT2D eigenvalue weighted by atomic mass is 9.90. The standard InChI is InChI=1S/C23H25N3O3.C5H6ClN3O2/c1-2-3-10-24-23(27)18-12-16-15-6-4-5-7-17(15)25-22(16)21(26-18)14-8-9-19-20(11-14)29-13-28-19;1-10-4-7-3(6)8-5(9-4)11-2/h4-9,11,18,21,25-26H,2-3,10,12-13H2,1H3,(H,24,27);1-2H3/t18-,21-;/m1./s1. The van der Waals surface area contributed by atoms with Gasteiger partial charge in [0.15, 0.2) is 11.5 Å². The van der Waals surface area contributed by atoms with Crippen LogP contribution in [0.2, 0.25) is 5.28 Å². The highest BCUT2D eigenvalue weighted by Crippen LogP contribution is 2.39. The van der Waals surface area contributed by atoms with E-state index in [1.165, 1.54) is 25.2 Å². The Labute approximate surface area is 236 Å². The zero-order valence-electron chi connectivity index (χ0n) is 22.5. The molecule has 11 nitrogen and oxygen atoms in total. The minimum absolute atomic E-state index is 0.0497. The number of aromatic amines is 1. The Balaban J connectivity index is 0.000000248. The summed E-state index contributed by atoms with van der Waals surface area (Å²) >= 11 is 5.49. The van der Waals surface area contributed by atoms with E-state index in [0.29, 0.717) is 13.0 Å². The number of methoxy groups -OCH3 is 2. The van der Waals surface area contributed by atoms with Crippen LogP contribution >= 0.6 is 11.6 Å². The minimum atomic E-state index is -0.283. The van der Waals surface area contributed by atoms with Crippen LogP contribution in [0.15, 0.2) is 42.5 Å². The number of unbranched alkanes of at least 4 members (excludes halogenated alkanes) is 1. The Kier molecular flexibility index (Phi) is 8.51. The fraction of sp³-hybridized carbons (Fsp3) is 0.357. The lowest BCUT2D eigenvalue weighted by Gasteiger charge is -2.31. The second-order valence-electron chi connectivity index (χ2n) is 9.25. The van der Waals surface area contributed by atoms with Crippen molar-refractivity contribution in [3.8, 4) is 23.5 Å². The molecule has 1 amide bonds. The smallest absolute Gasteiger partial charge is 0.323 e. The van der Waals surface area contributed by atoms with E-state index < -0.39 is 0 Å². The van der Waals surface area contributed by atoms with Crippen LogP contribution in [0.25, 0.3) is 10.9 Å². The molecule has 0 saturated carbocycles. The number of H-pyrrole nitrogens is 1. The average Bonchev–Trinajstić information content (AvgIpc) is 3.61. The van der Waals surface area contributed by atoms with Gasteiger partial charge < -0.3 is 29.2 Å². The topological polar surface area (TPSA) is 133 Å². The predicted molar refractivity (Wildman–Crippen MR) is 149 cm³/mol. The molecule has 2 aromatic heterocycles. The molecule has 0 bridgehead atoms. The van der Waals surface area contributed by atoms with Crippen LogP contribution in [0.1, 0.15) is 42.6 Å². The highest BCUT2D eigenvalue weighted by molar-refractivity contribution is 6.28. The van der Waals surface area contributed by atoms with Gasteiger partial charge in [-0.1, -0.05) is 37.6 Å². The number of benzene rings is 2. The fourth-order valence-electron chi connectivity index (χ4n) is 4.77. The van der Waals surface area contributed by atoms with Crippen molar-refractivity contribution >= 4 is 28.4 Å². The fourth-order valence-corrected chi connectivity index (χ4v) is 4.91. The van der Waals surface area contributed by atoms with Crippen LogP contribution in [0, 0.1) is 0 Å². The summed E-state index contributed by atoms with van der Waals surface area (Å²) in [6.45, 7) is 3.08. The first-order valence-electron chi connectivity index (χ1n) is 13.0. The van der Waals surface area contributed by atoms with Crippen LogP contribution < -0.4 is 29.6 Å². The first-order valence-corrected chi connectivity index (χ1v) is 13.4. The number of carbonyl (C=O) groups is 1. The summed E-state index contributed by atoms with van der Waals surface area (Å²) in [7, 11) is 2.87. The normalized spacial score (nSPS) is 17.0. The number of fused-ring (bicyclic) bond motifs is 4. The van der Waals surface area contributed by atoms with Crippen molar-refractivity contribution in [2.75, 3.05) is 27.6 Å². The molecule has 0 radical (unpaired) electrons. The molecule has 4 heterocycles. The van der Waals surface area contributed by atoms with Gasteiger partial charge in [0.05, 0.1) is 26.3 Å². The largest absolute Gasteiger partial charge is 0.467 e. The van der Waals surface area contributed by atoms with Crippen molar-refractivity contribution in [1.82, 2.24) is 30.6 Å². The molecule has 3 N–H and O–H groups in total. The summed E-state index contributed by atoms with van der Waals surface area (Å²) in [4.78, 5) is 27.5. The third-order valence-electron chi connectivity index (χ3n) is 6.72. The maximum Gasteiger partial charge on any atom is 0.323 e. The van der Waals surface area contributed by atoms with E-state index in [-0.39, 0.29) is 42.1 Å². The monoisotopic (exact) mass is 566 g/mol. The Morgan fingerprint density at radius 2 is 1.82 bits per heavy atom. The van der Waals surface area contributed by atoms with Crippen LogP contribution in [0.4, 0.5) is 0 Å². The van der Waals surface area contributed by atoms with Crippen LogP contribution in [0.3, 0.4) is 0 Å². The van der Waals surface area contributed by atoms with Crippen molar-refractivity contribution in [3.63, 3.8) is 0 Å². The Hall–Kier alpha value is -4.09. The van der Waals surface area contributed by atoms with Crippen molar-refractivity contribution < 1.29 is 23.7 Å². The zero-order valence-corrected chi connectivity index (χ0v) is 23.2. The molecular weight excluding hydrogens is 536 g/mol. The van der Waals surface area contributed by atoms with E-state index in [1.54, 1.807) is 0 Å². The maximum absolute atomic E-state index is 12.9. The van der Waals surface area contributed by atoms with Gasteiger partial charge in [0.25, 0.3) is 0 Å². The molecule has 0 unspecified atom stereocenters. The summed E-state index contributed by atoms with van der Waals surface area (Å²) in [6, 6.07) is 14.1. The molecular formula is C28H31ClN6O5.